The molecule has 1 saturated heterocycles. The van der Waals surface area contributed by atoms with E-state index in [-0.39, 0.29) is 5.91 Å². The monoisotopic (exact) mass is 427 g/mol. The van der Waals surface area contributed by atoms with Gasteiger partial charge in [0.1, 0.15) is 0 Å². The molecule has 2 aliphatic heterocycles. The molecule has 30 heavy (non-hydrogen) atoms. The van der Waals surface area contributed by atoms with Gasteiger partial charge < -0.3 is 19.3 Å². The number of methoxy groups -OCH3 is 2. The van der Waals surface area contributed by atoms with E-state index in [0.717, 1.165) is 56.3 Å². The predicted octanol–water partition coefficient (Wildman–Crippen LogP) is 3.26. The Morgan fingerprint density at radius 2 is 1.80 bits per heavy atom. The topological polar surface area (TPSA) is 45.2 Å². The van der Waals surface area contributed by atoms with Crippen molar-refractivity contribution in [3.05, 3.63) is 51.3 Å². The Labute approximate surface area is 182 Å². The van der Waals surface area contributed by atoms with Crippen LogP contribution in [0.5, 0.6) is 11.5 Å². The normalized spacial score (nSPS) is 16.9. The molecule has 2 aromatic rings. The van der Waals surface area contributed by atoms with Crippen molar-refractivity contribution in [2.75, 3.05) is 47.4 Å². The fourth-order valence-electron chi connectivity index (χ4n) is 4.15. The van der Waals surface area contributed by atoms with Crippen LogP contribution < -0.4 is 9.47 Å². The van der Waals surface area contributed by atoms with Gasteiger partial charge in [0, 0.05) is 74.8 Å². The molecule has 6 nitrogen and oxygen atoms in total. The number of benzene rings is 1. The van der Waals surface area contributed by atoms with Gasteiger partial charge in [-0.2, -0.15) is 0 Å². The van der Waals surface area contributed by atoms with E-state index in [2.05, 4.69) is 35.2 Å². The van der Waals surface area contributed by atoms with Crippen LogP contribution in [0.3, 0.4) is 0 Å². The van der Waals surface area contributed by atoms with Crippen LogP contribution in [-0.4, -0.2) is 68.1 Å². The molecule has 7 heteroatoms. The molecule has 0 unspecified atom stereocenters. The molecular formula is C23H29N3O3S. The van der Waals surface area contributed by atoms with Gasteiger partial charge in [0.05, 0.1) is 14.2 Å². The molecular weight excluding hydrogens is 398 g/mol. The fourth-order valence-corrected chi connectivity index (χ4v) is 5.40. The zero-order chi connectivity index (χ0) is 21.3. The van der Waals surface area contributed by atoms with E-state index in [1.807, 2.05) is 28.4 Å². The van der Waals surface area contributed by atoms with Crippen LogP contribution in [0.15, 0.2) is 30.5 Å². The first-order chi connectivity index (χ1) is 14.5. The first-order valence-corrected chi connectivity index (χ1v) is 11.0. The number of nitrogens with zero attached hydrogens (tertiary/aromatic N) is 3. The van der Waals surface area contributed by atoms with Crippen molar-refractivity contribution in [2.45, 2.75) is 20.0 Å². The SMILES string of the molecule is COc1ccc(C2=CN(C)Cc3cc(CN4CCN(C(C)=O)CC4)sc32)cc1OC. The zero-order valence-corrected chi connectivity index (χ0v) is 18.9. The molecule has 0 bridgehead atoms. The number of rotatable bonds is 5. The summed E-state index contributed by atoms with van der Waals surface area (Å²) in [7, 11) is 5.44. The summed E-state index contributed by atoms with van der Waals surface area (Å²) in [6.45, 7) is 7.01. The van der Waals surface area contributed by atoms with Crippen LogP contribution >= 0.6 is 11.3 Å². The van der Waals surface area contributed by atoms with Crippen LogP contribution in [0.2, 0.25) is 0 Å². The van der Waals surface area contributed by atoms with Gasteiger partial charge >= 0.3 is 0 Å². The number of carbonyl (C=O) groups is 1. The third-order valence-electron chi connectivity index (χ3n) is 5.77. The summed E-state index contributed by atoms with van der Waals surface area (Å²) in [5.74, 6) is 1.66. The lowest BCUT2D eigenvalue weighted by Crippen LogP contribution is -2.47. The van der Waals surface area contributed by atoms with Crippen molar-refractivity contribution in [1.29, 1.82) is 0 Å². The van der Waals surface area contributed by atoms with Crippen molar-refractivity contribution in [2.24, 2.45) is 0 Å². The second kappa shape index (κ2) is 8.70. The van der Waals surface area contributed by atoms with E-state index in [1.54, 1.807) is 21.1 Å². The quantitative estimate of drug-likeness (QED) is 0.733. The van der Waals surface area contributed by atoms with Crippen LogP contribution in [0.1, 0.15) is 27.8 Å². The van der Waals surface area contributed by atoms with Gasteiger partial charge in [-0.25, -0.2) is 0 Å². The number of carbonyl (C=O) groups excluding carboxylic acids is 1. The summed E-state index contributed by atoms with van der Waals surface area (Å²) in [4.78, 5) is 20.9. The first kappa shape index (κ1) is 20.8. The number of amides is 1. The Kier molecular flexibility index (Phi) is 6.01. The minimum atomic E-state index is 0.175. The van der Waals surface area contributed by atoms with Crippen molar-refractivity contribution in [3.63, 3.8) is 0 Å². The third kappa shape index (κ3) is 4.18. The second-order valence-electron chi connectivity index (χ2n) is 7.88. The number of hydrogen-bond donors (Lipinski definition) is 0. The number of hydrogen-bond acceptors (Lipinski definition) is 6. The number of ether oxygens (including phenoxy) is 2. The number of piperazine rings is 1. The van der Waals surface area contributed by atoms with E-state index in [9.17, 15) is 4.79 Å². The highest BCUT2D eigenvalue weighted by atomic mass is 32.1. The van der Waals surface area contributed by atoms with Crippen molar-refractivity contribution in [3.8, 4) is 11.5 Å². The number of thiophene rings is 1. The Morgan fingerprint density at radius 3 is 2.47 bits per heavy atom. The van der Waals surface area contributed by atoms with Crippen LogP contribution in [0.4, 0.5) is 0 Å². The Bertz CT molecular complexity index is 961. The van der Waals surface area contributed by atoms with Crippen LogP contribution in [0.25, 0.3) is 5.57 Å². The molecule has 3 heterocycles. The molecule has 0 atom stereocenters. The van der Waals surface area contributed by atoms with Gasteiger partial charge in [0.2, 0.25) is 5.91 Å². The summed E-state index contributed by atoms with van der Waals surface area (Å²) >= 11 is 1.88. The molecule has 0 saturated carbocycles. The average Bonchev–Trinajstić information content (AvgIpc) is 3.14. The highest BCUT2D eigenvalue weighted by molar-refractivity contribution is 7.13. The maximum Gasteiger partial charge on any atom is 0.219 e. The molecule has 1 aromatic heterocycles. The highest BCUT2D eigenvalue weighted by Gasteiger charge is 2.24. The molecule has 1 aromatic carbocycles. The fraction of sp³-hybridized carbons (Fsp3) is 0.435. The largest absolute Gasteiger partial charge is 0.493 e. The number of fused-ring (bicyclic) bond motifs is 1. The Hall–Kier alpha value is -2.51. The summed E-state index contributed by atoms with van der Waals surface area (Å²) in [6.07, 6.45) is 2.22. The first-order valence-electron chi connectivity index (χ1n) is 10.2. The zero-order valence-electron chi connectivity index (χ0n) is 18.1. The highest BCUT2D eigenvalue weighted by Crippen LogP contribution is 2.40. The van der Waals surface area contributed by atoms with E-state index in [1.165, 1.54) is 20.9 Å². The maximum atomic E-state index is 11.6. The van der Waals surface area contributed by atoms with Gasteiger partial charge in [-0.05, 0) is 29.3 Å². The van der Waals surface area contributed by atoms with Crippen molar-refractivity contribution < 1.29 is 14.3 Å². The Balaban J connectivity index is 1.56. The van der Waals surface area contributed by atoms with Crippen molar-refractivity contribution in [1.82, 2.24) is 14.7 Å². The lowest BCUT2D eigenvalue weighted by atomic mass is 9.99. The summed E-state index contributed by atoms with van der Waals surface area (Å²) < 4.78 is 10.9. The minimum absolute atomic E-state index is 0.175. The minimum Gasteiger partial charge on any atom is -0.493 e. The van der Waals surface area contributed by atoms with Gasteiger partial charge in [-0.3, -0.25) is 9.69 Å². The average molecular weight is 428 g/mol. The maximum absolute atomic E-state index is 11.6. The molecule has 1 fully saturated rings. The van der Waals surface area contributed by atoms with Gasteiger partial charge in [-0.15, -0.1) is 11.3 Å². The Morgan fingerprint density at radius 1 is 1.07 bits per heavy atom. The molecule has 0 spiro atoms. The lowest BCUT2D eigenvalue weighted by Gasteiger charge is -2.33. The van der Waals surface area contributed by atoms with E-state index < -0.39 is 0 Å². The molecule has 0 radical (unpaired) electrons. The molecule has 0 N–H and O–H groups in total. The van der Waals surface area contributed by atoms with E-state index >= 15 is 0 Å². The van der Waals surface area contributed by atoms with Gasteiger partial charge in [0.25, 0.3) is 0 Å². The molecule has 2 aliphatic rings. The van der Waals surface area contributed by atoms with E-state index in [4.69, 9.17) is 9.47 Å². The smallest absolute Gasteiger partial charge is 0.219 e. The van der Waals surface area contributed by atoms with E-state index in [0.29, 0.717) is 0 Å². The molecule has 1 amide bonds. The molecule has 4 rings (SSSR count). The van der Waals surface area contributed by atoms with Gasteiger partial charge in [-0.1, -0.05) is 6.07 Å². The van der Waals surface area contributed by atoms with Crippen molar-refractivity contribution >= 4 is 22.8 Å². The van der Waals surface area contributed by atoms with Crippen LogP contribution in [-0.2, 0) is 17.9 Å². The molecule has 160 valence electrons. The standard InChI is InChI=1S/C23H29N3O3S/c1-16(27)26-9-7-25(8-10-26)14-19-11-18-13-24(2)15-20(23(18)30-19)17-5-6-21(28-3)22(12-17)29-4/h5-6,11-12,15H,7-10,13-14H2,1-4H3. The van der Waals surface area contributed by atoms with Crippen LogP contribution in [0, 0.1) is 0 Å². The predicted molar refractivity (Wildman–Crippen MR) is 120 cm³/mol. The summed E-state index contributed by atoms with van der Waals surface area (Å²) in [5, 5.41) is 0. The summed E-state index contributed by atoms with van der Waals surface area (Å²) in [5.41, 5.74) is 3.72. The third-order valence-corrected chi connectivity index (χ3v) is 6.96. The molecule has 0 aliphatic carbocycles. The lowest BCUT2D eigenvalue weighted by molar-refractivity contribution is -0.130. The second-order valence-corrected chi connectivity index (χ2v) is 9.01. The van der Waals surface area contributed by atoms with Gasteiger partial charge in [0.15, 0.2) is 11.5 Å². The summed E-state index contributed by atoms with van der Waals surface area (Å²) in [6, 6.07) is 8.46.